The fourth-order valence-corrected chi connectivity index (χ4v) is 1.71. The number of rotatable bonds is 2. The fourth-order valence-electron chi connectivity index (χ4n) is 1.71. The second-order valence-corrected chi connectivity index (χ2v) is 3.21. The van der Waals surface area contributed by atoms with E-state index in [9.17, 15) is 14.4 Å². The number of ether oxygens (including phenoxy) is 2. The van der Waals surface area contributed by atoms with E-state index in [2.05, 4.69) is 4.74 Å². The number of hydrogen-bond acceptors (Lipinski definition) is 5. The van der Waals surface area contributed by atoms with Crippen LogP contribution in [0.5, 0.6) is 0 Å². The quantitative estimate of drug-likeness (QED) is 0.259. The Kier molecular flexibility index (Phi) is 2.18. The normalized spacial score (nSPS) is 30.6. The molecule has 0 aromatic carbocycles. The van der Waals surface area contributed by atoms with Crippen LogP contribution in [0.25, 0.3) is 0 Å². The van der Waals surface area contributed by atoms with Crippen LogP contribution in [0.4, 0.5) is 0 Å². The third kappa shape index (κ3) is 1.29. The Morgan fingerprint density at radius 3 is 2.93 bits per heavy atom. The van der Waals surface area contributed by atoms with Crippen LogP contribution in [0.15, 0.2) is 11.8 Å². The van der Waals surface area contributed by atoms with Crippen molar-refractivity contribution in [3.05, 3.63) is 11.8 Å². The molecule has 1 amide bonds. The molecule has 2 aliphatic rings. The van der Waals surface area contributed by atoms with E-state index >= 15 is 0 Å². The minimum Gasteiger partial charge on any atom is -0.471 e. The highest BCUT2D eigenvalue weighted by Gasteiger charge is 2.54. The molecule has 0 aromatic rings. The van der Waals surface area contributed by atoms with Crippen LogP contribution in [0.3, 0.4) is 0 Å². The topological polar surface area (TPSA) is 72.9 Å². The van der Waals surface area contributed by atoms with Gasteiger partial charge in [0.25, 0.3) is 0 Å². The van der Waals surface area contributed by atoms with E-state index < -0.39 is 18.2 Å². The van der Waals surface area contributed by atoms with Crippen molar-refractivity contribution in [1.29, 1.82) is 0 Å². The lowest BCUT2D eigenvalue weighted by atomic mass is 10.1. The maximum absolute atomic E-state index is 11.4. The summed E-state index contributed by atoms with van der Waals surface area (Å²) in [7, 11) is 1.22. The largest absolute Gasteiger partial charge is 0.471 e. The fraction of sp³-hybridized carbons (Fsp3) is 0.444. The van der Waals surface area contributed by atoms with Gasteiger partial charge in [0.1, 0.15) is 12.0 Å². The van der Waals surface area contributed by atoms with Crippen molar-refractivity contribution in [2.45, 2.75) is 18.7 Å². The minimum absolute atomic E-state index is 0.174. The Labute approximate surface area is 85.4 Å². The lowest BCUT2D eigenvalue weighted by molar-refractivity contribution is -0.164. The van der Waals surface area contributed by atoms with Gasteiger partial charge < -0.3 is 9.47 Å². The van der Waals surface area contributed by atoms with Gasteiger partial charge in [0, 0.05) is 6.08 Å². The van der Waals surface area contributed by atoms with Crippen molar-refractivity contribution in [2.24, 2.45) is 0 Å². The summed E-state index contributed by atoms with van der Waals surface area (Å²) in [4.78, 5) is 34.2. The highest BCUT2D eigenvalue weighted by molar-refractivity contribution is 5.92. The van der Waals surface area contributed by atoms with Crippen LogP contribution in [-0.2, 0) is 23.9 Å². The van der Waals surface area contributed by atoms with E-state index in [1.807, 2.05) is 0 Å². The molecule has 0 aromatic heterocycles. The molecule has 0 N–H and O–H groups in total. The summed E-state index contributed by atoms with van der Waals surface area (Å²) in [6.45, 7) is 0. The number of esters is 1. The molecule has 80 valence electrons. The molecular weight excluding hydrogens is 202 g/mol. The van der Waals surface area contributed by atoms with E-state index in [-0.39, 0.29) is 18.1 Å². The predicted molar refractivity (Wildman–Crippen MR) is 46.3 cm³/mol. The van der Waals surface area contributed by atoms with Crippen LogP contribution in [0, 0.1) is 0 Å². The van der Waals surface area contributed by atoms with Gasteiger partial charge in [0.15, 0.2) is 12.3 Å². The molecule has 2 atom stereocenters. The summed E-state index contributed by atoms with van der Waals surface area (Å²) < 4.78 is 9.78. The first kappa shape index (κ1) is 9.70. The summed E-state index contributed by atoms with van der Waals surface area (Å²) in [5, 5.41) is 0. The first-order valence-corrected chi connectivity index (χ1v) is 4.40. The van der Waals surface area contributed by atoms with Crippen molar-refractivity contribution in [1.82, 2.24) is 4.90 Å². The Morgan fingerprint density at radius 1 is 1.67 bits per heavy atom. The summed E-state index contributed by atoms with van der Waals surface area (Å²) in [5.74, 6) is -0.601. The lowest BCUT2D eigenvalue weighted by Crippen LogP contribution is -2.55. The van der Waals surface area contributed by atoms with Gasteiger partial charge in [-0.25, -0.2) is 4.79 Å². The number of carbonyl (C=O) groups excluding carboxylic acids is 3. The summed E-state index contributed by atoms with van der Waals surface area (Å²) in [6, 6.07) is -0.897. The number of β-lactam (4-membered cyclic amide) rings is 1. The van der Waals surface area contributed by atoms with Crippen LogP contribution < -0.4 is 0 Å². The predicted octanol–water partition coefficient (Wildman–Crippen LogP) is -0.801. The first-order valence-electron chi connectivity index (χ1n) is 4.40. The smallest absolute Gasteiger partial charge is 0.336 e. The molecule has 6 nitrogen and oxygen atoms in total. The zero-order valence-electron chi connectivity index (χ0n) is 8.00. The number of allylic oxidation sites excluding steroid dienone is 1. The average Bonchev–Trinajstić information content (AvgIpc) is 2.50. The number of carbonyl (C=O) groups is 3. The highest BCUT2D eigenvalue weighted by atomic mass is 16.6. The molecule has 6 heteroatoms. The van der Waals surface area contributed by atoms with E-state index in [4.69, 9.17) is 4.74 Å². The number of amides is 1. The van der Waals surface area contributed by atoms with Gasteiger partial charge in [0.2, 0.25) is 5.91 Å². The molecule has 0 radical (unpaired) electrons. The molecule has 15 heavy (non-hydrogen) atoms. The van der Waals surface area contributed by atoms with Gasteiger partial charge in [-0.3, -0.25) is 14.5 Å². The maximum atomic E-state index is 11.4. The first-order chi connectivity index (χ1) is 7.19. The number of methoxy groups -OCH3 is 1. The van der Waals surface area contributed by atoms with Crippen LogP contribution in [0.2, 0.25) is 0 Å². The Morgan fingerprint density at radius 2 is 2.40 bits per heavy atom. The monoisotopic (exact) mass is 211 g/mol. The van der Waals surface area contributed by atoms with E-state index in [1.165, 1.54) is 12.0 Å². The third-order valence-electron chi connectivity index (χ3n) is 2.42. The number of hydrogen-bond donors (Lipinski definition) is 0. The maximum Gasteiger partial charge on any atom is 0.336 e. The second kappa shape index (κ2) is 3.38. The summed E-state index contributed by atoms with van der Waals surface area (Å²) in [6.07, 6.45) is 1.46. The van der Waals surface area contributed by atoms with E-state index in [0.29, 0.717) is 6.29 Å². The Bertz CT molecular complexity index is 362. The van der Waals surface area contributed by atoms with Gasteiger partial charge in [-0.1, -0.05) is 0 Å². The van der Waals surface area contributed by atoms with E-state index in [0.717, 1.165) is 6.08 Å². The van der Waals surface area contributed by atoms with Gasteiger partial charge in [0.05, 0.1) is 13.5 Å². The summed E-state index contributed by atoms with van der Waals surface area (Å²) in [5.41, 5.74) is 0. The number of aldehydes is 1. The van der Waals surface area contributed by atoms with Gasteiger partial charge in [-0.05, 0) is 0 Å². The molecule has 1 unspecified atom stereocenters. The van der Waals surface area contributed by atoms with Crippen LogP contribution in [0.1, 0.15) is 6.42 Å². The van der Waals surface area contributed by atoms with Crippen molar-refractivity contribution in [3.8, 4) is 0 Å². The van der Waals surface area contributed by atoms with Gasteiger partial charge >= 0.3 is 5.97 Å². The van der Waals surface area contributed by atoms with Gasteiger partial charge in [-0.15, -0.1) is 0 Å². The number of nitrogens with zero attached hydrogens (tertiary/aromatic N) is 1. The second-order valence-electron chi connectivity index (χ2n) is 3.21. The Hall–Kier alpha value is -1.85. The van der Waals surface area contributed by atoms with E-state index in [1.54, 1.807) is 0 Å². The lowest BCUT2D eigenvalue weighted by Gasteiger charge is -2.33. The third-order valence-corrected chi connectivity index (χ3v) is 2.42. The highest BCUT2D eigenvalue weighted by Crippen LogP contribution is 2.36. The standard InChI is InChI=1S/C9H9NO5/c1-14-9(13)8-5(2-3-11)15-7-4-6(12)10(7)8/h2-3,7-8H,4H2,1H3/b5-2-/t7-,8?/m1/s1. The van der Waals surface area contributed by atoms with Crippen molar-refractivity contribution < 1.29 is 23.9 Å². The van der Waals surface area contributed by atoms with Crippen molar-refractivity contribution in [2.75, 3.05) is 7.11 Å². The van der Waals surface area contributed by atoms with Crippen molar-refractivity contribution >= 4 is 18.2 Å². The molecule has 0 bridgehead atoms. The van der Waals surface area contributed by atoms with Crippen molar-refractivity contribution in [3.63, 3.8) is 0 Å². The summed E-state index contributed by atoms with van der Waals surface area (Å²) >= 11 is 0. The molecular formula is C9H9NO5. The molecule has 2 saturated heterocycles. The molecule has 0 spiro atoms. The molecule has 2 fully saturated rings. The zero-order valence-corrected chi connectivity index (χ0v) is 8.00. The minimum atomic E-state index is -0.897. The van der Waals surface area contributed by atoms with Crippen LogP contribution >= 0.6 is 0 Å². The molecule has 0 saturated carbocycles. The molecule has 2 aliphatic heterocycles. The zero-order chi connectivity index (χ0) is 11.0. The molecule has 2 heterocycles. The van der Waals surface area contributed by atoms with Crippen LogP contribution in [-0.4, -0.2) is 42.4 Å². The molecule has 0 aliphatic carbocycles. The SMILES string of the molecule is COC(=O)C1/C(=C/C=O)O[C@@H]2CC(=O)N12. The van der Waals surface area contributed by atoms with Gasteiger partial charge in [-0.2, -0.15) is 0 Å². The molecule has 2 rings (SSSR count). The average molecular weight is 211 g/mol. The number of fused-ring (bicyclic) bond motifs is 1. The Balaban J connectivity index is 2.28.